The van der Waals surface area contributed by atoms with Gasteiger partial charge in [0.05, 0.1) is 10.7 Å². The number of halogens is 2. The molecule has 44 valence electrons. The lowest BCUT2D eigenvalue weighted by molar-refractivity contribution is 1.88. The minimum atomic E-state index is 0.485. The number of hydrogen-bond acceptors (Lipinski definition) is 2. The monoisotopic (exact) mass is 167 g/mol. The first-order valence-electron chi connectivity index (χ1n) is 1.90. The molecule has 1 heterocycles. The van der Waals surface area contributed by atoms with Crippen LogP contribution in [-0.4, -0.2) is 0 Å². The summed E-state index contributed by atoms with van der Waals surface area (Å²) >= 11 is 12.4. The van der Waals surface area contributed by atoms with E-state index >= 15 is 0 Å². The molecule has 2 N–H and O–H groups in total. The van der Waals surface area contributed by atoms with E-state index in [0.29, 0.717) is 15.0 Å². The van der Waals surface area contributed by atoms with Gasteiger partial charge in [0, 0.05) is 5.38 Å². The average molecular weight is 168 g/mol. The number of nitrogens with two attached hydrogens (primary N) is 1. The summed E-state index contributed by atoms with van der Waals surface area (Å²) < 4.78 is 0.565. The smallest absolute Gasteiger partial charge is 0.117 e. The zero-order chi connectivity index (χ0) is 6.15. The van der Waals surface area contributed by atoms with E-state index in [-0.39, 0.29) is 0 Å². The Bertz CT molecular complexity index is 176. The Morgan fingerprint density at radius 2 is 2.12 bits per heavy atom. The Balaban J connectivity index is 3.19. The van der Waals surface area contributed by atoms with Crippen LogP contribution in [0.5, 0.6) is 0 Å². The highest BCUT2D eigenvalue weighted by molar-refractivity contribution is 7.15. The molecule has 1 rings (SSSR count). The van der Waals surface area contributed by atoms with Crippen LogP contribution in [0.2, 0.25) is 9.36 Å². The van der Waals surface area contributed by atoms with Crippen molar-refractivity contribution in [3.05, 3.63) is 14.7 Å². The summed E-state index contributed by atoms with van der Waals surface area (Å²) in [5, 5.41) is 2.25. The number of thiophene rings is 1. The van der Waals surface area contributed by atoms with Gasteiger partial charge in [-0.25, -0.2) is 0 Å². The van der Waals surface area contributed by atoms with E-state index < -0.39 is 0 Å². The molecule has 0 saturated heterocycles. The van der Waals surface area contributed by atoms with Crippen LogP contribution in [0, 0.1) is 0 Å². The SMILES string of the molecule is Nc1c(Cl)csc1Cl. The van der Waals surface area contributed by atoms with Crippen molar-refractivity contribution in [1.29, 1.82) is 0 Å². The number of anilines is 1. The third-order valence-electron chi connectivity index (χ3n) is 0.735. The lowest BCUT2D eigenvalue weighted by Crippen LogP contribution is -1.79. The third kappa shape index (κ3) is 0.917. The second-order valence-electron chi connectivity index (χ2n) is 1.27. The Hall–Kier alpha value is 0.0800. The highest BCUT2D eigenvalue weighted by Gasteiger charge is 2.01. The molecule has 0 unspecified atom stereocenters. The molecular formula is C4H3Cl2NS. The van der Waals surface area contributed by atoms with Gasteiger partial charge in [0.15, 0.2) is 0 Å². The molecule has 0 spiro atoms. The minimum absolute atomic E-state index is 0.485. The zero-order valence-electron chi connectivity index (χ0n) is 3.82. The standard InChI is InChI=1S/C4H3Cl2NS/c5-2-1-8-4(6)3(2)7/h1H,7H2. The van der Waals surface area contributed by atoms with Gasteiger partial charge in [-0.2, -0.15) is 0 Å². The van der Waals surface area contributed by atoms with Crippen LogP contribution in [0.3, 0.4) is 0 Å². The molecule has 0 fully saturated rings. The zero-order valence-corrected chi connectivity index (χ0v) is 6.15. The molecule has 1 aromatic heterocycles. The molecule has 8 heavy (non-hydrogen) atoms. The van der Waals surface area contributed by atoms with Gasteiger partial charge in [-0.1, -0.05) is 23.2 Å². The largest absolute Gasteiger partial charge is 0.396 e. The quantitative estimate of drug-likeness (QED) is 0.633. The summed E-state index contributed by atoms with van der Waals surface area (Å²) in [6.07, 6.45) is 0. The van der Waals surface area contributed by atoms with Crippen molar-refractivity contribution in [1.82, 2.24) is 0 Å². The molecule has 0 aromatic carbocycles. The first-order chi connectivity index (χ1) is 3.72. The second-order valence-corrected chi connectivity index (χ2v) is 3.16. The van der Waals surface area contributed by atoms with Crippen LogP contribution in [-0.2, 0) is 0 Å². The summed E-state index contributed by atoms with van der Waals surface area (Å²) in [4.78, 5) is 0. The van der Waals surface area contributed by atoms with Crippen molar-refractivity contribution in [2.24, 2.45) is 0 Å². The number of hydrogen-bond donors (Lipinski definition) is 1. The molecule has 1 nitrogen and oxygen atoms in total. The molecule has 4 heteroatoms. The Morgan fingerprint density at radius 3 is 2.25 bits per heavy atom. The van der Waals surface area contributed by atoms with E-state index in [1.807, 2.05) is 0 Å². The van der Waals surface area contributed by atoms with Crippen LogP contribution >= 0.6 is 34.5 Å². The van der Waals surface area contributed by atoms with Gasteiger partial charge in [0.2, 0.25) is 0 Å². The summed E-state index contributed by atoms with van der Waals surface area (Å²) in [6.45, 7) is 0. The van der Waals surface area contributed by atoms with Gasteiger partial charge in [-0.15, -0.1) is 11.3 Å². The summed E-state index contributed by atoms with van der Waals surface area (Å²) in [5.41, 5.74) is 5.83. The van der Waals surface area contributed by atoms with Crippen LogP contribution in [0.15, 0.2) is 5.38 Å². The van der Waals surface area contributed by atoms with Crippen LogP contribution in [0.25, 0.3) is 0 Å². The van der Waals surface area contributed by atoms with Gasteiger partial charge in [-0.05, 0) is 0 Å². The van der Waals surface area contributed by atoms with Crippen LogP contribution in [0.4, 0.5) is 5.69 Å². The van der Waals surface area contributed by atoms with Crippen LogP contribution in [0.1, 0.15) is 0 Å². The summed E-state index contributed by atoms with van der Waals surface area (Å²) in [6, 6.07) is 0. The van der Waals surface area contributed by atoms with Gasteiger partial charge < -0.3 is 5.73 Å². The topological polar surface area (TPSA) is 26.0 Å². The normalized spacial score (nSPS) is 9.75. The Labute approximate surface area is 61.0 Å². The molecule has 1 aromatic rings. The van der Waals surface area contributed by atoms with E-state index in [9.17, 15) is 0 Å². The maximum atomic E-state index is 5.54. The van der Waals surface area contributed by atoms with Gasteiger partial charge in [0.25, 0.3) is 0 Å². The molecular weight excluding hydrogens is 165 g/mol. The maximum absolute atomic E-state index is 5.54. The fourth-order valence-electron chi connectivity index (χ4n) is 0.324. The predicted octanol–water partition coefficient (Wildman–Crippen LogP) is 2.64. The maximum Gasteiger partial charge on any atom is 0.117 e. The van der Waals surface area contributed by atoms with Crippen molar-refractivity contribution >= 4 is 40.2 Å². The van der Waals surface area contributed by atoms with Crippen molar-refractivity contribution < 1.29 is 0 Å². The molecule has 0 saturated carbocycles. The minimum Gasteiger partial charge on any atom is -0.396 e. The van der Waals surface area contributed by atoms with Gasteiger partial charge in [-0.3, -0.25) is 0 Å². The van der Waals surface area contributed by atoms with Crippen molar-refractivity contribution in [2.45, 2.75) is 0 Å². The van der Waals surface area contributed by atoms with Crippen LogP contribution < -0.4 is 5.73 Å². The fraction of sp³-hybridized carbons (Fsp3) is 0. The molecule has 0 radical (unpaired) electrons. The van der Waals surface area contributed by atoms with E-state index in [0.717, 1.165) is 0 Å². The molecule has 0 aliphatic carbocycles. The highest BCUT2D eigenvalue weighted by atomic mass is 35.5. The lowest BCUT2D eigenvalue weighted by Gasteiger charge is -1.83. The Kier molecular flexibility index (Phi) is 1.65. The highest BCUT2D eigenvalue weighted by Crippen LogP contribution is 2.33. The molecule has 0 bridgehead atoms. The summed E-state index contributed by atoms with van der Waals surface area (Å²) in [5.74, 6) is 0. The van der Waals surface area contributed by atoms with E-state index in [1.54, 1.807) is 5.38 Å². The molecule has 0 atom stereocenters. The van der Waals surface area contributed by atoms with Crippen molar-refractivity contribution in [3.8, 4) is 0 Å². The summed E-state index contributed by atoms with van der Waals surface area (Å²) in [7, 11) is 0. The number of nitrogen functional groups attached to an aromatic ring is 1. The predicted molar refractivity (Wildman–Crippen MR) is 38.8 cm³/mol. The van der Waals surface area contributed by atoms with Gasteiger partial charge in [0.1, 0.15) is 4.34 Å². The average Bonchev–Trinajstić information content (AvgIpc) is 1.98. The van der Waals surface area contributed by atoms with E-state index in [2.05, 4.69) is 0 Å². The Morgan fingerprint density at radius 1 is 1.50 bits per heavy atom. The molecule has 0 amide bonds. The number of rotatable bonds is 0. The van der Waals surface area contributed by atoms with E-state index in [1.165, 1.54) is 11.3 Å². The molecule has 0 aliphatic heterocycles. The lowest BCUT2D eigenvalue weighted by atomic mass is 10.6. The first kappa shape index (κ1) is 6.20. The second kappa shape index (κ2) is 2.13. The van der Waals surface area contributed by atoms with E-state index in [4.69, 9.17) is 28.9 Å². The van der Waals surface area contributed by atoms with Crippen molar-refractivity contribution in [3.63, 3.8) is 0 Å². The first-order valence-corrected chi connectivity index (χ1v) is 3.53. The third-order valence-corrected chi connectivity index (χ3v) is 2.43. The van der Waals surface area contributed by atoms with Crippen molar-refractivity contribution in [2.75, 3.05) is 5.73 Å². The fourth-order valence-corrected chi connectivity index (χ4v) is 1.46. The molecule has 0 aliphatic rings. The van der Waals surface area contributed by atoms with Gasteiger partial charge >= 0.3 is 0 Å².